The van der Waals surface area contributed by atoms with Gasteiger partial charge >= 0.3 is 0 Å². The maximum absolute atomic E-state index is 12.1. The van der Waals surface area contributed by atoms with Crippen LogP contribution in [-0.4, -0.2) is 23.5 Å². The standard InChI is InChI=1S/C18H25N3OS/c1-13(2)8-15(11-19)20-17(22)10-16-12-23-18(21-16)9-14-6-4-3-5-7-14/h3-7,12-13,15H,8-11,19H2,1-2H3,(H,20,22). The molecule has 0 radical (unpaired) electrons. The second-order valence-electron chi connectivity index (χ2n) is 6.20. The van der Waals surface area contributed by atoms with Crippen LogP contribution in [0.1, 0.15) is 36.5 Å². The number of amides is 1. The van der Waals surface area contributed by atoms with Gasteiger partial charge in [0.05, 0.1) is 17.1 Å². The van der Waals surface area contributed by atoms with Gasteiger partial charge in [0.15, 0.2) is 0 Å². The highest BCUT2D eigenvalue weighted by molar-refractivity contribution is 7.09. The molecule has 0 aliphatic rings. The minimum Gasteiger partial charge on any atom is -0.352 e. The van der Waals surface area contributed by atoms with Gasteiger partial charge in [-0.15, -0.1) is 11.3 Å². The van der Waals surface area contributed by atoms with Crippen molar-refractivity contribution in [1.82, 2.24) is 10.3 Å². The van der Waals surface area contributed by atoms with Crippen molar-refractivity contribution in [3.8, 4) is 0 Å². The highest BCUT2D eigenvalue weighted by atomic mass is 32.1. The highest BCUT2D eigenvalue weighted by Crippen LogP contribution is 2.15. The van der Waals surface area contributed by atoms with Crippen LogP contribution in [0.4, 0.5) is 0 Å². The summed E-state index contributed by atoms with van der Waals surface area (Å²) in [7, 11) is 0. The molecule has 1 aromatic heterocycles. The maximum Gasteiger partial charge on any atom is 0.226 e. The Morgan fingerprint density at radius 1 is 1.30 bits per heavy atom. The van der Waals surface area contributed by atoms with Crippen molar-refractivity contribution in [3.63, 3.8) is 0 Å². The van der Waals surface area contributed by atoms with Crippen LogP contribution in [-0.2, 0) is 17.6 Å². The van der Waals surface area contributed by atoms with Gasteiger partial charge in [-0.05, 0) is 17.9 Å². The molecule has 0 bridgehead atoms. The van der Waals surface area contributed by atoms with Crippen LogP contribution in [0.2, 0.25) is 0 Å². The summed E-state index contributed by atoms with van der Waals surface area (Å²) >= 11 is 1.61. The lowest BCUT2D eigenvalue weighted by atomic mass is 10.0. The molecule has 0 saturated carbocycles. The van der Waals surface area contributed by atoms with Crippen LogP contribution in [0, 0.1) is 5.92 Å². The summed E-state index contributed by atoms with van der Waals surface area (Å²) in [6.07, 6.45) is 2.03. The number of aromatic nitrogens is 1. The molecular weight excluding hydrogens is 306 g/mol. The van der Waals surface area contributed by atoms with E-state index in [2.05, 4.69) is 36.3 Å². The number of benzene rings is 1. The molecule has 0 spiro atoms. The van der Waals surface area contributed by atoms with Crippen molar-refractivity contribution >= 4 is 17.2 Å². The molecule has 0 aliphatic carbocycles. The van der Waals surface area contributed by atoms with Crippen molar-refractivity contribution in [2.75, 3.05) is 6.54 Å². The van der Waals surface area contributed by atoms with Crippen molar-refractivity contribution in [1.29, 1.82) is 0 Å². The van der Waals surface area contributed by atoms with Crippen LogP contribution in [0.5, 0.6) is 0 Å². The van der Waals surface area contributed by atoms with E-state index < -0.39 is 0 Å². The Hall–Kier alpha value is -1.72. The molecule has 3 N–H and O–H groups in total. The largest absolute Gasteiger partial charge is 0.352 e. The summed E-state index contributed by atoms with van der Waals surface area (Å²) in [5.41, 5.74) is 7.79. The number of carbonyl (C=O) groups is 1. The van der Waals surface area contributed by atoms with Crippen LogP contribution in [0.3, 0.4) is 0 Å². The number of thiazole rings is 1. The Balaban J connectivity index is 1.87. The van der Waals surface area contributed by atoms with Gasteiger partial charge in [-0.3, -0.25) is 4.79 Å². The number of nitrogens with two attached hydrogens (primary N) is 1. The van der Waals surface area contributed by atoms with Crippen molar-refractivity contribution in [2.24, 2.45) is 11.7 Å². The number of hydrogen-bond donors (Lipinski definition) is 2. The average molecular weight is 331 g/mol. The Kier molecular flexibility index (Phi) is 6.74. The van der Waals surface area contributed by atoms with Crippen molar-refractivity contribution in [3.05, 3.63) is 52.0 Å². The molecule has 1 unspecified atom stereocenters. The molecule has 1 atom stereocenters. The minimum absolute atomic E-state index is 0.00217. The maximum atomic E-state index is 12.1. The number of hydrogen-bond acceptors (Lipinski definition) is 4. The Morgan fingerprint density at radius 2 is 2.04 bits per heavy atom. The van der Waals surface area contributed by atoms with E-state index in [0.717, 1.165) is 23.5 Å². The van der Waals surface area contributed by atoms with Gasteiger partial charge in [-0.2, -0.15) is 0 Å². The monoisotopic (exact) mass is 331 g/mol. The predicted octanol–water partition coefficient (Wildman–Crippen LogP) is 2.77. The fourth-order valence-electron chi connectivity index (χ4n) is 2.51. The third-order valence-electron chi connectivity index (χ3n) is 3.54. The Bertz CT molecular complexity index is 610. The van der Waals surface area contributed by atoms with Gasteiger partial charge in [-0.1, -0.05) is 44.2 Å². The highest BCUT2D eigenvalue weighted by Gasteiger charge is 2.14. The Morgan fingerprint density at radius 3 is 2.70 bits per heavy atom. The van der Waals surface area contributed by atoms with Gasteiger partial charge < -0.3 is 11.1 Å². The van der Waals surface area contributed by atoms with E-state index in [4.69, 9.17) is 5.73 Å². The second kappa shape index (κ2) is 8.79. The average Bonchev–Trinajstić information content (AvgIpc) is 2.94. The van der Waals surface area contributed by atoms with Gasteiger partial charge in [-0.25, -0.2) is 4.98 Å². The zero-order chi connectivity index (χ0) is 16.7. The predicted molar refractivity (Wildman–Crippen MR) is 95.5 cm³/mol. The summed E-state index contributed by atoms with van der Waals surface area (Å²) in [6.45, 7) is 4.73. The third kappa shape index (κ3) is 6.12. The molecule has 2 rings (SSSR count). The lowest BCUT2D eigenvalue weighted by Gasteiger charge is -2.18. The van der Waals surface area contributed by atoms with Crippen LogP contribution in [0.25, 0.3) is 0 Å². The summed E-state index contributed by atoms with van der Waals surface area (Å²) in [5, 5.41) is 6.01. The van der Waals surface area contributed by atoms with Gasteiger partial charge in [0.2, 0.25) is 5.91 Å². The van der Waals surface area contributed by atoms with Gasteiger partial charge in [0.25, 0.3) is 0 Å². The summed E-state index contributed by atoms with van der Waals surface area (Å²) in [4.78, 5) is 16.7. The van der Waals surface area contributed by atoms with Crippen molar-refractivity contribution in [2.45, 2.75) is 39.2 Å². The molecule has 2 aromatic rings. The zero-order valence-corrected chi connectivity index (χ0v) is 14.6. The van der Waals surface area contributed by atoms with E-state index in [1.807, 2.05) is 23.6 Å². The minimum atomic E-state index is -0.00217. The lowest BCUT2D eigenvalue weighted by Crippen LogP contribution is -2.41. The second-order valence-corrected chi connectivity index (χ2v) is 7.14. The van der Waals surface area contributed by atoms with E-state index in [9.17, 15) is 4.79 Å². The molecule has 23 heavy (non-hydrogen) atoms. The van der Waals surface area contributed by atoms with E-state index in [-0.39, 0.29) is 11.9 Å². The molecule has 4 nitrogen and oxygen atoms in total. The summed E-state index contributed by atoms with van der Waals surface area (Å²) in [6, 6.07) is 10.3. The van der Waals surface area contributed by atoms with E-state index in [0.29, 0.717) is 18.9 Å². The van der Waals surface area contributed by atoms with Crippen LogP contribution in [0.15, 0.2) is 35.7 Å². The fourth-order valence-corrected chi connectivity index (χ4v) is 3.34. The molecule has 1 heterocycles. The first kappa shape index (κ1) is 17.6. The Labute approximate surface area is 142 Å². The fraction of sp³-hybridized carbons (Fsp3) is 0.444. The number of nitrogens with zero attached hydrogens (tertiary/aromatic N) is 1. The van der Waals surface area contributed by atoms with E-state index in [1.165, 1.54) is 5.56 Å². The summed E-state index contributed by atoms with van der Waals surface area (Å²) in [5.74, 6) is 0.512. The molecule has 0 fully saturated rings. The van der Waals surface area contributed by atoms with Crippen molar-refractivity contribution < 1.29 is 4.79 Å². The molecule has 0 aliphatic heterocycles. The van der Waals surface area contributed by atoms with Crippen LogP contribution < -0.4 is 11.1 Å². The molecule has 1 amide bonds. The molecule has 124 valence electrons. The lowest BCUT2D eigenvalue weighted by molar-refractivity contribution is -0.121. The van der Waals surface area contributed by atoms with E-state index in [1.54, 1.807) is 11.3 Å². The first-order valence-corrected chi connectivity index (χ1v) is 8.91. The quantitative estimate of drug-likeness (QED) is 0.781. The SMILES string of the molecule is CC(C)CC(CN)NC(=O)Cc1csc(Cc2ccccc2)n1. The number of nitrogens with one attached hydrogen (secondary N) is 1. The number of carbonyl (C=O) groups excluding carboxylic acids is 1. The molecule has 5 heteroatoms. The topological polar surface area (TPSA) is 68.0 Å². The third-order valence-corrected chi connectivity index (χ3v) is 4.44. The summed E-state index contributed by atoms with van der Waals surface area (Å²) < 4.78 is 0. The molecular formula is C18H25N3OS. The zero-order valence-electron chi connectivity index (χ0n) is 13.8. The molecule has 0 saturated heterocycles. The molecule has 1 aromatic carbocycles. The van der Waals surface area contributed by atoms with Crippen LogP contribution >= 0.6 is 11.3 Å². The van der Waals surface area contributed by atoms with E-state index >= 15 is 0 Å². The normalized spacial score (nSPS) is 12.3. The number of rotatable bonds is 8. The van der Waals surface area contributed by atoms with Gasteiger partial charge in [0.1, 0.15) is 0 Å². The smallest absolute Gasteiger partial charge is 0.226 e. The first-order valence-electron chi connectivity index (χ1n) is 8.03. The van der Waals surface area contributed by atoms with Gasteiger partial charge in [0, 0.05) is 24.4 Å². The first-order chi connectivity index (χ1) is 11.1.